The first-order chi connectivity index (χ1) is 10.9. The van der Waals surface area contributed by atoms with Crippen LogP contribution in [0.3, 0.4) is 0 Å². The zero-order valence-corrected chi connectivity index (χ0v) is 12.3. The number of hydrogen-bond donors (Lipinski definition) is 1. The Bertz CT molecular complexity index is 676. The van der Waals surface area contributed by atoms with Gasteiger partial charge in [0.2, 0.25) is 0 Å². The third-order valence-corrected chi connectivity index (χ3v) is 4.26. The zero-order valence-electron chi connectivity index (χ0n) is 12.3. The van der Waals surface area contributed by atoms with E-state index in [4.69, 9.17) is 0 Å². The molecule has 0 heterocycles. The van der Waals surface area contributed by atoms with Crippen molar-refractivity contribution in [2.75, 3.05) is 5.32 Å². The molecule has 0 spiro atoms. The first kappa shape index (κ1) is 13.0. The van der Waals surface area contributed by atoms with Gasteiger partial charge in [0.15, 0.2) is 0 Å². The largest absolute Gasteiger partial charge is 0.366 e. The summed E-state index contributed by atoms with van der Waals surface area (Å²) in [7, 11) is 0. The Kier molecular flexibility index (Phi) is 3.32. The van der Waals surface area contributed by atoms with Crippen LogP contribution in [0.2, 0.25) is 0 Å². The summed E-state index contributed by atoms with van der Waals surface area (Å²) in [5.41, 5.74) is 3.90. The summed E-state index contributed by atoms with van der Waals surface area (Å²) in [6.45, 7) is 0. The van der Waals surface area contributed by atoms with E-state index in [0.29, 0.717) is 12.0 Å². The van der Waals surface area contributed by atoms with E-state index < -0.39 is 0 Å². The van der Waals surface area contributed by atoms with Crippen LogP contribution in [0.5, 0.6) is 0 Å². The number of hydrogen-bond acceptors (Lipinski definition) is 1. The minimum Gasteiger partial charge on any atom is -0.366 e. The lowest BCUT2D eigenvalue weighted by Crippen LogP contribution is -2.05. The molecular weight excluding hydrogens is 266 g/mol. The van der Waals surface area contributed by atoms with E-state index in [1.54, 1.807) is 0 Å². The van der Waals surface area contributed by atoms with Crippen LogP contribution in [0, 0.1) is 5.92 Å². The van der Waals surface area contributed by atoms with E-state index in [2.05, 4.69) is 96.3 Å². The van der Waals surface area contributed by atoms with E-state index in [1.807, 2.05) is 0 Å². The van der Waals surface area contributed by atoms with Gasteiger partial charge in [-0.1, -0.05) is 48.5 Å². The van der Waals surface area contributed by atoms with E-state index in [9.17, 15) is 0 Å². The number of anilines is 1. The van der Waals surface area contributed by atoms with Crippen LogP contribution >= 0.6 is 0 Å². The molecule has 0 aromatic heterocycles. The average Bonchev–Trinajstić information content (AvgIpc) is 3.31. The van der Waals surface area contributed by atoms with E-state index >= 15 is 0 Å². The van der Waals surface area contributed by atoms with Crippen molar-refractivity contribution < 1.29 is 0 Å². The Labute approximate surface area is 131 Å². The number of rotatable bonds is 4. The Morgan fingerprint density at radius 1 is 0.636 bits per heavy atom. The SMILES string of the molecule is c1ccc(NC2[C+](c3ccccc3)C2c2ccccc2)cc1. The zero-order chi connectivity index (χ0) is 14.8. The fraction of sp³-hybridized carbons (Fsp3) is 0.0952. The Morgan fingerprint density at radius 2 is 1.18 bits per heavy atom. The minimum atomic E-state index is 0.382. The van der Waals surface area contributed by atoms with Gasteiger partial charge in [0.1, 0.15) is 11.6 Å². The standard InChI is InChI=1S/C21H18N/c1-4-10-16(11-5-1)19-20(17-12-6-2-7-13-17)21(19)22-18-14-8-3-9-15-18/h1-15,19,21-22H/q+1. The normalized spacial score (nSPS) is 19.7. The van der Waals surface area contributed by atoms with Crippen LogP contribution < -0.4 is 5.32 Å². The van der Waals surface area contributed by atoms with Gasteiger partial charge in [0.25, 0.3) is 0 Å². The molecular formula is C21H18N+. The molecule has 0 amide bonds. The summed E-state index contributed by atoms with van der Waals surface area (Å²) in [6.07, 6.45) is 0. The second kappa shape index (κ2) is 5.61. The second-order valence-corrected chi connectivity index (χ2v) is 5.70. The Balaban J connectivity index is 1.63. The molecule has 0 saturated heterocycles. The first-order valence-corrected chi connectivity index (χ1v) is 7.72. The first-order valence-electron chi connectivity index (χ1n) is 7.72. The molecule has 2 unspecified atom stereocenters. The molecule has 3 aromatic carbocycles. The van der Waals surface area contributed by atoms with Crippen LogP contribution in [0.4, 0.5) is 5.69 Å². The highest BCUT2D eigenvalue weighted by Crippen LogP contribution is 2.55. The van der Waals surface area contributed by atoms with Gasteiger partial charge in [-0.3, -0.25) is 0 Å². The van der Waals surface area contributed by atoms with Crippen molar-refractivity contribution in [3.63, 3.8) is 0 Å². The predicted octanol–water partition coefficient (Wildman–Crippen LogP) is 4.89. The molecule has 0 aliphatic heterocycles. The summed E-state index contributed by atoms with van der Waals surface area (Å²) < 4.78 is 0. The van der Waals surface area contributed by atoms with Gasteiger partial charge in [-0.2, -0.15) is 0 Å². The fourth-order valence-electron chi connectivity index (χ4n) is 3.16. The number of benzene rings is 3. The third-order valence-electron chi connectivity index (χ3n) is 4.26. The van der Waals surface area contributed by atoms with Crippen LogP contribution in [0.25, 0.3) is 0 Å². The molecule has 22 heavy (non-hydrogen) atoms. The van der Waals surface area contributed by atoms with E-state index in [0.717, 1.165) is 0 Å². The van der Waals surface area contributed by atoms with E-state index in [-0.39, 0.29) is 0 Å². The highest BCUT2D eigenvalue weighted by molar-refractivity contribution is 5.62. The van der Waals surface area contributed by atoms with Crippen molar-refractivity contribution in [3.8, 4) is 0 Å². The Hall–Kier alpha value is -2.67. The summed E-state index contributed by atoms with van der Waals surface area (Å²) >= 11 is 0. The van der Waals surface area contributed by atoms with Crippen LogP contribution in [0.1, 0.15) is 17.0 Å². The van der Waals surface area contributed by atoms with Gasteiger partial charge >= 0.3 is 0 Å². The van der Waals surface area contributed by atoms with Crippen LogP contribution in [0.15, 0.2) is 91.0 Å². The average molecular weight is 284 g/mol. The predicted molar refractivity (Wildman–Crippen MR) is 91.8 cm³/mol. The maximum absolute atomic E-state index is 3.68. The lowest BCUT2D eigenvalue weighted by Gasteiger charge is -2.03. The van der Waals surface area contributed by atoms with Crippen LogP contribution in [-0.2, 0) is 0 Å². The van der Waals surface area contributed by atoms with Gasteiger partial charge in [0, 0.05) is 17.8 Å². The molecule has 4 rings (SSSR count). The maximum Gasteiger partial charge on any atom is 0.135 e. The van der Waals surface area contributed by atoms with Crippen molar-refractivity contribution in [1.82, 2.24) is 0 Å². The molecule has 1 saturated carbocycles. The van der Waals surface area contributed by atoms with Crippen LogP contribution in [-0.4, -0.2) is 6.04 Å². The molecule has 1 heteroatoms. The summed E-state index contributed by atoms with van der Waals surface area (Å²) in [4.78, 5) is 0. The van der Waals surface area contributed by atoms with Gasteiger partial charge < -0.3 is 5.32 Å². The lowest BCUT2D eigenvalue weighted by molar-refractivity contribution is 1.05. The summed E-state index contributed by atoms with van der Waals surface area (Å²) in [5.74, 6) is 1.94. The molecule has 1 N–H and O–H groups in total. The van der Waals surface area contributed by atoms with Crippen molar-refractivity contribution in [2.45, 2.75) is 12.0 Å². The highest BCUT2D eigenvalue weighted by atomic mass is 15.0. The molecule has 1 nitrogen and oxygen atoms in total. The lowest BCUT2D eigenvalue weighted by atomic mass is 10.0. The molecule has 106 valence electrons. The second-order valence-electron chi connectivity index (χ2n) is 5.70. The van der Waals surface area contributed by atoms with Gasteiger partial charge in [0.05, 0.1) is 11.8 Å². The molecule has 0 bridgehead atoms. The van der Waals surface area contributed by atoms with E-state index in [1.165, 1.54) is 22.7 Å². The molecule has 1 aliphatic carbocycles. The fourth-order valence-corrected chi connectivity index (χ4v) is 3.16. The van der Waals surface area contributed by atoms with Gasteiger partial charge in [-0.05, 0) is 35.9 Å². The summed E-state index contributed by atoms with van der Waals surface area (Å²) in [5, 5.41) is 3.68. The molecule has 0 radical (unpaired) electrons. The van der Waals surface area contributed by atoms with Gasteiger partial charge in [-0.25, -0.2) is 0 Å². The molecule has 3 aromatic rings. The quantitative estimate of drug-likeness (QED) is 0.673. The molecule has 2 atom stereocenters. The van der Waals surface area contributed by atoms with Crippen molar-refractivity contribution in [2.24, 2.45) is 0 Å². The highest BCUT2D eigenvalue weighted by Gasteiger charge is 2.58. The maximum atomic E-state index is 3.68. The van der Waals surface area contributed by atoms with Crippen molar-refractivity contribution in [1.29, 1.82) is 0 Å². The van der Waals surface area contributed by atoms with Crippen molar-refractivity contribution in [3.05, 3.63) is 108 Å². The van der Waals surface area contributed by atoms with Crippen molar-refractivity contribution >= 4 is 5.69 Å². The third kappa shape index (κ3) is 2.46. The Morgan fingerprint density at radius 3 is 1.82 bits per heavy atom. The number of para-hydroxylation sites is 1. The summed E-state index contributed by atoms with van der Waals surface area (Å²) in [6, 6.07) is 32.3. The smallest absolute Gasteiger partial charge is 0.135 e. The number of nitrogens with one attached hydrogen (secondary N) is 1. The van der Waals surface area contributed by atoms with Gasteiger partial charge in [-0.15, -0.1) is 0 Å². The molecule has 1 fully saturated rings. The topological polar surface area (TPSA) is 12.0 Å². The monoisotopic (exact) mass is 284 g/mol. The molecule has 1 aliphatic rings. The minimum absolute atomic E-state index is 0.382.